The Morgan fingerprint density at radius 1 is 0.917 bits per heavy atom. The first kappa shape index (κ1) is 17.0. The average Bonchev–Trinajstić information content (AvgIpc) is 2.67. The Hall–Kier alpha value is -1.84. The van der Waals surface area contributed by atoms with Crippen molar-refractivity contribution >= 4 is 0 Å². The van der Waals surface area contributed by atoms with E-state index in [4.69, 9.17) is 4.74 Å². The van der Waals surface area contributed by atoms with Crippen molar-refractivity contribution < 1.29 is 15.2 Å². The number of benzene rings is 2. The molecule has 3 heteroatoms. The number of nitrogens with two attached hydrogens (primary N) is 1. The molecule has 3 rings (SSSR count). The van der Waals surface area contributed by atoms with Gasteiger partial charge in [-0.3, -0.25) is 0 Å². The third kappa shape index (κ3) is 5.08. The van der Waals surface area contributed by atoms with Crippen LogP contribution in [0.3, 0.4) is 0 Å². The predicted octanol–water partition coefficient (Wildman–Crippen LogP) is 2.99. The van der Waals surface area contributed by atoms with Gasteiger partial charge in [-0.2, -0.15) is 0 Å². The van der Waals surface area contributed by atoms with Gasteiger partial charge in [0, 0.05) is 0 Å². The second-order valence-electron chi connectivity index (χ2n) is 6.72. The van der Waals surface area contributed by atoms with Crippen molar-refractivity contribution in [1.29, 1.82) is 0 Å². The molecule has 24 heavy (non-hydrogen) atoms. The summed E-state index contributed by atoms with van der Waals surface area (Å²) >= 11 is 0. The summed E-state index contributed by atoms with van der Waals surface area (Å²) in [6.45, 7) is 1.08. The maximum atomic E-state index is 10.1. The van der Waals surface area contributed by atoms with Crippen LogP contribution in [0.5, 0.6) is 5.75 Å². The molecule has 0 amide bonds. The van der Waals surface area contributed by atoms with Crippen molar-refractivity contribution in [2.45, 2.75) is 44.2 Å². The van der Waals surface area contributed by atoms with Crippen molar-refractivity contribution in [3.63, 3.8) is 0 Å². The van der Waals surface area contributed by atoms with E-state index in [1.54, 1.807) is 0 Å². The second-order valence-corrected chi connectivity index (χ2v) is 6.72. The Morgan fingerprint density at radius 3 is 2.29 bits per heavy atom. The maximum absolute atomic E-state index is 10.1. The van der Waals surface area contributed by atoms with Crippen molar-refractivity contribution in [1.82, 2.24) is 0 Å². The normalized spacial score (nSPS) is 16.7. The molecule has 3 N–H and O–H groups in total. The van der Waals surface area contributed by atoms with Gasteiger partial charge in [-0.15, -0.1) is 0 Å². The van der Waals surface area contributed by atoms with Crippen molar-refractivity contribution in [3.8, 4) is 16.9 Å². The molecule has 0 unspecified atom stereocenters. The minimum atomic E-state index is -0.416. The Bertz CT molecular complexity index is 591. The maximum Gasteiger partial charge on any atom is 0.137 e. The summed E-state index contributed by atoms with van der Waals surface area (Å²) in [6.07, 6.45) is 6.20. The van der Waals surface area contributed by atoms with Gasteiger partial charge in [0.1, 0.15) is 25.0 Å². The molecule has 2 aromatic rings. The van der Waals surface area contributed by atoms with Gasteiger partial charge in [0.15, 0.2) is 0 Å². The van der Waals surface area contributed by atoms with E-state index in [0.29, 0.717) is 12.6 Å². The highest BCUT2D eigenvalue weighted by Crippen LogP contribution is 2.22. The molecule has 0 bridgehead atoms. The minimum Gasteiger partial charge on any atom is -0.491 e. The van der Waals surface area contributed by atoms with Gasteiger partial charge in [0.25, 0.3) is 0 Å². The lowest BCUT2D eigenvalue weighted by Gasteiger charge is -2.21. The first-order valence-corrected chi connectivity index (χ1v) is 9.11. The summed E-state index contributed by atoms with van der Waals surface area (Å²) in [4.78, 5) is 0. The van der Waals surface area contributed by atoms with Crippen LogP contribution in [0, 0.1) is 0 Å². The molecule has 0 aliphatic heterocycles. The summed E-state index contributed by atoms with van der Waals surface area (Å²) in [5.74, 6) is 0.811. The van der Waals surface area contributed by atoms with Crippen molar-refractivity contribution in [3.05, 3.63) is 54.6 Å². The van der Waals surface area contributed by atoms with E-state index in [1.807, 2.05) is 30.3 Å². The summed E-state index contributed by atoms with van der Waals surface area (Å²) in [7, 11) is 0. The number of aliphatic hydroxyl groups is 1. The Balaban J connectivity index is 1.42. The molecule has 1 saturated carbocycles. The topological polar surface area (TPSA) is 46.1 Å². The zero-order valence-electron chi connectivity index (χ0n) is 14.2. The van der Waals surface area contributed by atoms with Crippen molar-refractivity contribution in [2.24, 2.45) is 0 Å². The number of hydrogen-bond acceptors (Lipinski definition) is 2. The van der Waals surface area contributed by atoms with E-state index >= 15 is 0 Å². The average molecular weight is 326 g/mol. The monoisotopic (exact) mass is 326 g/mol. The van der Waals surface area contributed by atoms with E-state index < -0.39 is 6.10 Å². The molecule has 3 nitrogen and oxygen atoms in total. The lowest BCUT2D eigenvalue weighted by molar-refractivity contribution is -0.697. The van der Waals surface area contributed by atoms with Gasteiger partial charge in [0.2, 0.25) is 0 Å². The second kappa shape index (κ2) is 8.86. The van der Waals surface area contributed by atoms with E-state index in [9.17, 15) is 5.11 Å². The van der Waals surface area contributed by atoms with Gasteiger partial charge in [0.05, 0.1) is 6.04 Å². The van der Waals surface area contributed by atoms with Crippen LogP contribution in [-0.4, -0.2) is 30.4 Å². The molecule has 1 aliphatic carbocycles. The van der Waals surface area contributed by atoms with E-state index in [2.05, 4.69) is 29.6 Å². The summed E-state index contributed by atoms with van der Waals surface area (Å²) in [5.41, 5.74) is 2.38. The first-order valence-electron chi connectivity index (χ1n) is 9.11. The quantitative estimate of drug-likeness (QED) is 0.822. The standard InChI is InChI=1S/C21H27NO2/c23-20(15-22-19-9-5-2-6-10-19)16-24-21-13-11-18(12-14-21)17-7-3-1-4-8-17/h1,3-4,7-8,11-14,19-20,22-23H,2,5-6,9-10,15-16H2/p+1/t20-/m0/s1. The number of rotatable bonds is 7. The Labute approximate surface area is 144 Å². The molecule has 1 aliphatic rings. The third-order valence-corrected chi connectivity index (χ3v) is 4.80. The molecule has 0 aromatic heterocycles. The molecule has 0 heterocycles. The number of hydrogen-bond donors (Lipinski definition) is 2. The molecule has 128 valence electrons. The van der Waals surface area contributed by atoms with Gasteiger partial charge in [-0.1, -0.05) is 48.9 Å². The molecule has 0 saturated heterocycles. The highest BCUT2D eigenvalue weighted by atomic mass is 16.5. The molecule has 1 fully saturated rings. The lowest BCUT2D eigenvalue weighted by atomic mass is 9.95. The Kier molecular flexibility index (Phi) is 6.27. The number of ether oxygens (including phenoxy) is 1. The van der Waals surface area contributed by atoms with E-state index in [1.165, 1.54) is 43.2 Å². The number of aliphatic hydroxyl groups excluding tert-OH is 1. The van der Waals surface area contributed by atoms with Crippen molar-refractivity contribution in [2.75, 3.05) is 13.2 Å². The van der Waals surface area contributed by atoms with Crippen LogP contribution in [0.2, 0.25) is 0 Å². The summed E-state index contributed by atoms with van der Waals surface area (Å²) in [6, 6.07) is 19.1. The van der Waals surface area contributed by atoms with Crippen LogP contribution in [-0.2, 0) is 0 Å². The molecule has 2 aromatic carbocycles. The molecule has 0 radical (unpaired) electrons. The van der Waals surface area contributed by atoms with Gasteiger partial charge in [-0.25, -0.2) is 0 Å². The van der Waals surface area contributed by atoms with E-state index in [0.717, 1.165) is 12.3 Å². The SMILES string of the molecule is O[C@@H](C[NH2+]C1CCCCC1)COc1ccc(-c2ccccc2)cc1. The van der Waals surface area contributed by atoms with Crippen LogP contribution in [0.4, 0.5) is 0 Å². The molecule has 0 spiro atoms. The largest absolute Gasteiger partial charge is 0.491 e. The van der Waals surface area contributed by atoms with Gasteiger partial charge >= 0.3 is 0 Å². The Morgan fingerprint density at radius 2 is 1.58 bits per heavy atom. The highest BCUT2D eigenvalue weighted by molar-refractivity contribution is 5.63. The van der Waals surface area contributed by atoms with E-state index in [-0.39, 0.29) is 0 Å². The molecular formula is C21H28NO2+. The fraction of sp³-hybridized carbons (Fsp3) is 0.429. The zero-order chi connectivity index (χ0) is 16.6. The van der Waals surface area contributed by atoms with Gasteiger partial charge < -0.3 is 15.2 Å². The lowest BCUT2D eigenvalue weighted by Crippen LogP contribution is -2.92. The number of quaternary nitrogens is 1. The van der Waals surface area contributed by atoms with Crippen LogP contribution in [0.1, 0.15) is 32.1 Å². The molecular weight excluding hydrogens is 298 g/mol. The van der Waals surface area contributed by atoms with Crippen LogP contribution in [0.15, 0.2) is 54.6 Å². The smallest absolute Gasteiger partial charge is 0.137 e. The fourth-order valence-electron chi connectivity index (χ4n) is 3.35. The molecule has 1 atom stereocenters. The summed E-state index contributed by atoms with van der Waals surface area (Å²) in [5, 5.41) is 12.4. The predicted molar refractivity (Wildman–Crippen MR) is 97.0 cm³/mol. The van der Waals surface area contributed by atoms with Gasteiger partial charge in [-0.05, 0) is 48.9 Å². The van der Waals surface area contributed by atoms with Crippen LogP contribution >= 0.6 is 0 Å². The first-order chi connectivity index (χ1) is 11.8. The minimum absolute atomic E-state index is 0.355. The van der Waals surface area contributed by atoms with Crippen LogP contribution < -0.4 is 10.1 Å². The van der Waals surface area contributed by atoms with Crippen LogP contribution in [0.25, 0.3) is 11.1 Å². The zero-order valence-corrected chi connectivity index (χ0v) is 14.2. The highest BCUT2D eigenvalue weighted by Gasteiger charge is 2.17. The summed E-state index contributed by atoms with van der Waals surface area (Å²) < 4.78 is 5.73. The third-order valence-electron chi connectivity index (χ3n) is 4.80. The fourth-order valence-corrected chi connectivity index (χ4v) is 3.35.